The van der Waals surface area contributed by atoms with E-state index in [1.807, 2.05) is 19.9 Å². The van der Waals surface area contributed by atoms with Gasteiger partial charge in [0.15, 0.2) is 0 Å². The lowest BCUT2D eigenvalue weighted by molar-refractivity contribution is -0.138. The number of carboxylic acid groups (broad SMARTS) is 1. The number of hydrogen-bond donors (Lipinski definition) is 3. The van der Waals surface area contributed by atoms with Crippen LogP contribution < -0.4 is 11.1 Å². The van der Waals surface area contributed by atoms with Crippen molar-refractivity contribution < 1.29 is 14.7 Å². The van der Waals surface area contributed by atoms with E-state index in [2.05, 4.69) is 5.32 Å². The molecule has 5 heteroatoms. The molecule has 1 aromatic carbocycles. The molecule has 104 valence electrons. The fourth-order valence-corrected chi connectivity index (χ4v) is 1.73. The molecule has 0 aromatic heterocycles. The Morgan fingerprint density at radius 1 is 1.26 bits per heavy atom. The first-order chi connectivity index (χ1) is 8.91. The molecule has 1 amide bonds. The Hall–Kier alpha value is -1.88. The minimum atomic E-state index is -0.938. The first-order valence-electron chi connectivity index (χ1n) is 6.24. The average Bonchev–Trinajstić information content (AvgIpc) is 2.37. The fourth-order valence-electron chi connectivity index (χ4n) is 1.73. The molecule has 0 aliphatic carbocycles. The van der Waals surface area contributed by atoms with Crippen LogP contribution in [0.1, 0.15) is 31.9 Å². The number of rotatable bonds is 6. The Morgan fingerprint density at radius 2 is 1.84 bits per heavy atom. The van der Waals surface area contributed by atoms with E-state index in [1.54, 1.807) is 24.3 Å². The van der Waals surface area contributed by atoms with E-state index in [4.69, 9.17) is 10.8 Å². The van der Waals surface area contributed by atoms with Crippen LogP contribution in [0.4, 0.5) is 0 Å². The second kappa shape index (κ2) is 6.89. The summed E-state index contributed by atoms with van der Waals surface area (Å²) in [5.41, 5.74) is 6.56. The summed E-state index contributed by atoms with van der Waals surface area (Å²) < 4.78 is 0. The highest BCUT2D eigenvalue weighted by Crippen LogP contribution is 2.12. The number of aliphatic carboxylic acids is 1. The molecule has 1 aromatic rings. The highest BCUT2D eigenvalue weighted by atomic mass is 16.4. The molecular weight excluding hydrogens is 244 g/mol. The quantitative estimate of drug-likeness (QED) is 0.722. The molecule has 0 saturated heterocycles. The largest absolute Gasteiger partial charge is 0.481 e. The number of benzene rings is 1. The van der Waals surface area contributed by atoms with Crippen LogP contribution in [0.5, 0.6) is 0 Å². The molecule has 0 spiro atoms. The van der Waals surface area contributed by atoms with Gasteiger partial charge in [-0.15, -0.1) is 0 Å². The van der Waals surface area contributed by atoms with Crippen LogP contribution in [-0.2, 0) is 9.59 Å². The average molecular weight is 264 g/mol. The summed E-state index contributed by atoms with van der Waals surface area (Å²) in [4.78, 5) is 22.8. The van der Waals surface area contributed by atoms with Crippen molar-refractivity contribution in [3.05, 3.63) is 35.9 Å². The molecule has 1 rings (SSSR count). The van der Waals surface area contributed by atoms with Crippen molar-refractivity contribution in [1.82, 2.24) is 5.32 Å². The highest BCUT2D eigenvalue weighted by molar-refractivity contribution is 5.83. The van der Waals surface area contributed by atoms with Crippen molar-refractivity contribution in [3.63, 3.8) is 0 Å². The standard InChI is InChI=1S/C14H20N2O3/c1-9(2)11(8-12(17)18)16-14(19)13(15)10-6-4-3-5-7-10/h3-7,9,11,13H,8,15H2,1-2H3,(H,16,19)(H,17,18). The van der Waals surface area contributed by atoms with Gasteiger partial charge >= 0.3 is 5.97 Å². The Kier molecular flexibility index (Phi) is 5.51. The topological polar surface area (TPSA) is 92.4 Å². The number of nitrogens with two attached hydrogens (primary N) is 1. The number of carbonyl (C=O) groups is 2. The third-order valence-electron chi connectivity index (χ3n) is 2.97. The lowest BCUT2D eigenvalue weighted by Gasteiger charge is -2.22. The van der Waals surface area contributed by atoms with Gasteiger partial charge in [0.1, 0.15) is 6.04 Å². The Balaban J connectivity index is 2.69. The maximum Gasteiger partial charge on any atom is 0.305 e. The maximum atomic E-state index is 12.0. The summed E-state index contributed by atoms with van der Waals surface area (Å²) in [6, 6.07) is 7.79. The minimum absolute atomic E-state index is 0.0306. The lowest BCUT2D eigenvalue weighted by atomic mass is 9.99. The monoisotopic (exact) mass is 264 g/mol. The van der Waals surface area contributed by atoms with Crippen molar-refractivity contribution in [2.24, 2.45) is 11.7 Å². The summed E-state index contributed by atoms with van der Waals surface area (Å²) >= 11 is 0. The summed E-state index contributed by atoms with van der Waals surface area (Å²) in [5, 5.41) is 11.5. The van der Waals surface area contributed by atoms with Gasteiger partial charge in [-0.2, -0.15) is 0 Å². The maximum absolute atomic E-state index is 12.0. The van der Waals surface area contributed by atoms with E-state index in [0.717, 1.165) is 0 Å². The van der Waals surface area contributed by atoms with E-state index in [-0.39, 0.29) is 18.2 Å². The van der Waals surface area contributed by atoms with Crippen molar-refractivity contribution in [3.8, 4) is 0 Å². The zero-order valence-corrected chi connectivity index (χ0v) is 11.2. The Bertz CT molecular complexity index is 432. The third kappa shape index (κ3) is 4.71. The number of nitrogens with one attached hydrogen (secondary N) is 1. The fraction of sp³-hybridized carbons (Fsp3) is 0.429. The van der Waals surface area contributed by atoms with Crippen molar-refractivity contribution in [1.29, 1.82) is 0 Å². The van der Waals surface area contributed by atoms with Gasteiger partial charge in [-0.1, -0.05) is 44.2 Å². The molecule has 19 heavy (non-hydrogen) atoms. The Morgan fingerprint density at radius 3 is 2.32 bits per heavy atom. The smallest absolute Gasteiger partial charge is 0.305 e. The molecule has 0 radical (unpaired) electrons. The lowest BCUT2D eigenvalue weighted by Crippen LogP contribution is -2.44. The third-order valence-corrected chi connectivity index (χ3v) is 2.97. The van der Waals surface area contributed by atoms with Crippen molar-refractivity contribution in [2.75, 3.05) is 0 Å². The molecule has 2 unspecified atom stereocenters. The second-order valence-corrected chi connectivity index (χ2v) is 4.85. The molecule has 0 aliphatic heterocycles. The van der Waals surface area contributed by atoms with Crippen LogP contribution in [0, 0.1) is 5.92 Å². The van der Waals surface area contributed by atoms with Crippen LogP contribution >= 0.6 is 0 Å². The minimum Gasteiger partial charge on any atom is -0.481 e. The number of carboxylic acids is 1. The molecule has 5 nitrogen and oxygen atoms in total. The predicted octanol–water partition coefficient (Wildman–Crippen LogP) is 1.30. The van der Waals surface area contributed by atoms with Gasteiger partial charge in [0.05, 0.1) is 6.42 Å². The first-order valence-corrected chi connectivity index (χ1v) is 6.24. The zero-order valence-electron chi connectivity index (χ0n) is 11.2. The molecule has 4 N–H and O–H groups in total. The van der Waals surface area contributed by atoms with Gasteiger partial charge in [0.2, 0.25) is 5.91 Å². The molecule has 0 heterocycles. The van der Waals surface area contributed by atoms with Gasteiger partial charge < -0.3 is 16.2 Å². The number of hydrogen-bond acceptors (Lipinski definition) is 3. The second-order valence-electron chi connectivity index (χ2n) is 4.85. The van der Waals surface area contributed by atoms with Gasteiger partial charge in [0, 0.05) is 6.04 Å². The van der Waals surface area contributed by atoms with Gasteiger partial charge in [0.25, 0.3) is 0 Å². The van der Waals surface area contributed by atoms with E-state index in [0.29, 0.717) is 5.56 Å². The van der Waals surface area contributed by atoms with Gasteiger partial charge in [-0.05, 0) is 11.5 Å². The van der Waals surface area contributed by atoms with Gasteiger partial charge in [-0.25, -0.2) is 0 Å². The van der Waals surface area contributed by atoms with Crippen molar-refractivity contribution in [2.45, 2.75) is 32.4 Å². The van der Waals surface area contributed by atoms with Crippen LogP contribution in [-0.4, -0.2) is 23.0 Å². The van der Waals surface area contributed by atoms with E-state index in [1.165, 1.54) is 0 Å². The Labute approximate surface area is 112 Å². The number of carbonyl (C=O) groups excluding carboxylic acids is 1. The summed E-state index contributed by atoms with van der Waals surface area (Å²) in [6.07, 6.45) is -0.106. The molecule has 0 fully saturated rings. The van der Waals surface area contributed by atoms with Crippen LogP contribution in [0.3, 0.4) is 0 Å². The zero-order chi connectivity index (χ0) is 14.4. The molecular formula is C14H20N2O3. The molecule has 0 saturated carbocycles. The van der Waals surface area contributed by atoms with Crippen molar-refractivity contribution >= 4 is 11.9 Å². The van der Waals surface area contributed by atoms with Gasteiger partial charge in [-0.3, -0.25) is 9.59 Å². The summed E-state index contributed by atoms with van der Waals surface area (Å²) in [7, 11) is 0. The normalized spacial score (nSPS) is 13.9. The number of amides is 1. The molecule has 0 bridgehead atoms. The van der Waals surface area contributed by atoms with Crippen LogP contribution in [0.25, 0.3) is 0 Å². The molecule has 0 aliphatic rings. The molecule has 2 atom stereocenters. The SMILES string of the molecule is CC(C)C(CC(=O)O)NC(=O)C(N)c1ccccc1. The summed E-state index contributed by atoms with van der Waals surface area (Å²) in [5.74, 6) is -1.26. The first kappa shape index (κ1) is 15.2. The van der Waals surface area contributed by atoms with Crippen LogP contribution in [0.15, 0.2) is 30.3 Å². The van der Waals surface area contributed by atoms with Crippen LogP contribution in [0.2, 0.25) is 0 Å². The summed E-state index contributed by atoms with van der Waals surface area (Å²) in [6.45, 7) is 3.73. The predicted molar refractivity (Wildman–Crippen MR) is 72.4 cm³/mol. The highest BCUT2D eigenvalue weighted by Gasteiger charge is 2.23. The van der Waals surface area contributed by atoms with E-state index >= 15 is 0 Å². The van der Waals surface area contributed by atoms with E-state index < -0.39 is 18.1 Å². The van der Waals surface area contributed by atoms with E-state index in [9.17, 15) is 9.59 Å².